The van der Waals surface area contributed by atoms with Gasteiger partial charge in [0.2, 0.25) is 0 Å². The molecule has 0 aliphatic carbocycles. The normalized spacial score (nSPS) is 10.7. The molecule has 0 spiro atoms. The lowest BCUT2D eigenvalue weighted by Gasteiger charge is -2.06. The molecule has 2 aromatic carbocycles. The summed E-state index contributed by atoms with van der Waals surface area (Å²) in [4.78, 5) is 11.8. The summed E-state index contributed by atoms with van der Waals surface area (Å²) in [6.07, 6.45) is 3.56. The van der Waals surface area contributed by atoms with E-state index in [4.69, 9.17) is 4.74 Å². The maximum absolute atomic E-state index is 11.8. The van der Waals surface area contributed by atoms with E-state index in [0.29, 0.717) is 5.69 Å². The standard InChI is InChI=1S/C20H20N4O2/c1-15-12-16(14-24(15)18-8-10-19(26-2)11-9-18)13-21-23-20(25)22-17-6-4-3-5-7-17/h3-14H,1-2H3,(H2,22,23,25)/b21-13+. The highest BCUT2D eigenvalue weighted by atomic mass is 16.5. The molecule has 6 nitrogen and oxygen atoms in total. The Bertz CT molecular complexity index is 899. The van der Waals surface area contributed by atoms with Crippen molar-refractivity contribution in [2.75, 3.05) is 12.4 Å². The highest BCUT2D eigenvalue weighted by molar-refractivity contribution is 5.90. The van der Waals surface area contributed by atoms with Crippen LogP contribution in [0.25, 0.3) is 5.69 Å². The second-order valence-corrected chi connectivity index (χ2v) is 5.67. The second-order valence-electron chi connectivity index (χ2n) is 5.67. The van der Waals surface area contributed by atoms with Crippen molar-refractivity contribution in [1.29, 1.82) is 0 Å². The molecule has 2 amide bonds. The molecule has 0 unspecified atom stereocenters. The highest BCUT2D eigenvalue weighted by Crippen LogP contribution is 2.18. The van der Waals surface area contributed by atoms with Crippen molar-refractivity contribution >= 4 is 17.9 Å². The number of nitrogens with one attached hydrogen (secondary N) is 2. The van der Waals surface area contributed by atoms with Gasteiger partial charge in [-0.2, -0.15) is 5.10 Å². The van der Waals surface area contributed by atoms with Gasteiger partial charge in [0, 0.05) is 28.8 Å². The van der Waals surface area contributed by atoms with Crippen molar-refractivity contribution in [2.24, 2.45) is 5.10 Å². The summed E-state index contributed by atoms with van der Waals surface area (Å²) in [5, 5.41) is 6.69. The number of anilines is 1. The zero-order valence-electron chi connectivity index (χ0n) is 14.6. The molecule has 26 heavy (non-hydrogen) atoms. The van der Waals surface area contributed by atoms with Crippen molar-refractivity contribution in [2.45, 2.75) is 6.92 Å². The van der Waals surface area contributed by atoms with Crippen LogP contribution in [-0.4, -0.2) is 23.9 Å². The zero-order chi connectivity index (χ0) is 18.4. The SMILES string of the molecule is COc1ccc(-n2cc(/C=N/NC(=O)Nc3ccccc3)cc2C)cc1. The van der Waals surface area contributed by atoms with Gasteiger partial charge in [0.25, 0.3) is 0 Å². The molecule has 0 saturated heterocycles. The van der Waals surface area contributed by atoms with Gasteiger partial charge >= 0.3 is 6.03 Å². The molecule has 3 aromatic rings. The quantitative estimate of drug-likeness (QED) is 0.541. The van der Waals surface area contributed by atoms with E-state index >= 15 is 0 Å². The fourth-order valence-electron chi connectivity index (χ4n) is 2.54. The van der Waals surface area contributed by atoms with Gasteiger partial charge in [0.1, 0.15) is 5.75 Å². The summed E-state index contributed by atoms with van der Waals surface area (Å²) >= 11 is 0. The van der Waals surface area contributed by atoms with Gasteiger partial charge < -0.3 is 14.6 Å². The monoisotopic (exact) mass is 348 g/mol. The maximum atomic E-state index is 11.8. The van der Waals surface area contributed by atoms with E-state index in [1.165, 1.54) is 0 Å². The molecule has 3 rings (SSSR count). The number of hydrogen-bond acceptors (Lipinski definition) is 3. The third-order valence-electron chi connectivity index (χ3n) is 3.80. The van der Waals surface area contributed by atoms with Gasteiger partial charge in [0.05, 0.1) is 13.3 Å². The van der Waals surface area contributed by atoms with Crippen LogP contribution in [0.15, 0.2) is 72.0 Å². The van der Waals surface area contributed by atoms with E-state index in [1.807, 2.05) is 78.4 Å². The first-order chi connectivity index (χ1) is 12.7. The predicted octanol–water partition coefficient (Wildman–Crippen LogP) is 3.95. The minimum atomic E-state index is -0.390. The molecule has 1 heterocycles. The van der Waals surface area contributed by atoms with E-state index in [2.05, 4.69) is 15.8 Å². The van der Waals surface area contributed by atoms with Crippen LogP contribution in [-0.2, 0) is 0 Å². The summed E-state index contributed by atoms with van der Waals surface area (Å²) in [5.74, 6) is 0.814. The highest BCUT2D eigenvalue weighted by Gasteiger charge is 2.04. The molecular weight excluding hydrogens is 328 g/mol. The van der Waals surface area contributed by atoms with Gasteiger partial charge in [0.15, 0.2) is 0 Å². The van der Waals surface area contributed by atoms with Gasteiger partial charge in [-0.25, -0.2) is 10.2 Å². The average Bonchev–Trinajstić information content (AvgIpc) is 3.03. The Morgan fingerprint density at radius 2 is 1.85 bits per heavy atom. The molecular formula is C20H20N4O2. The van der Waals surface area contributed by atoms with E-state index in [-0.39, 0.29) is 0 Å². The predicted molar refractivity (Wildman–Crippen MR) is 103 cm³/mol. The smallest absolute Gasteiger partial charge is 0.339 e. The number of amides is 2. The minimum Gasteiger partial charge on any atom is -0.497 e. The summed E-state index contributed by atoms with van der Waals surface area (Å²) in [6, 6.07) is 18.6. The third-order valence-corrected chi connectivity index (χ3v) is 3.80. The van der Waals surface area contributed by atoms with Gasteiger partial charge in [-0.3, -0.25) is 0 Å². The van der Waals surface area contributed by atoms with Crippen LogP contribution in [0.3, 0.4) is 0 Å². The molecule has 132 valence electrons. The number of hydrogen-bond donors (Lipinski definition) is 2. The van der Waals surface area contributed by atoms with Crippen LogP contribution in [0.5, 0.6) is 5.75 Å². The lowest BCUT2D eigenvalue weighted by atomic mass is 10.3. The molecule has 0 radical (unpaired) electrons. The van der Waals surface area contributed by atoms with Gasteiger partial charge in [-0.15, -0.1) is 0 Å². The van der Waals surface area contributed by atoms with Crippen LogP contribution in [0.1, 0.15) is 11.3 Å². The van der Waals surface area contributed by atoms with Gasteiger partial charge in [-0.1, -0.05) is 18.2 Å². The van der Waals surface area contributed by atoms with Crippen molar-refractivity contribution in [1.82, 2.24) is 9.99 Å². The molecule has 6 heteroatoms. The number of ether oxygens (including phenoxy) is 1. The fraction of sp³-hybridized carbons (Fsp3) is 0.100. The number of hydrazone groups is 1. The first kappa shape index (κ1) is 17.3. The van der Waals surface area contributed by atoms with E-state index in [9.17, 15) is 4.79 Å². The first-order valence-electron chi connectivity index (χ1n) is 8.14. The van der Waals surface area contributed by atoms with Crippen molar-refractivity contribution < 1.29 is 9.53 Å². The Morgan fingerprint density at radius 1 is 1.12 bits per heavy atom. The molecule has 0 aliphatic heterocycles. The number of nitrogens with zero attached hydrogens (tertiary/aromatic N) is 2. The Labute approximate surface area is 152 Å². The Morgan fingerprint density at radius 3 is 2.54 bits per heavy atom. The number of urea groups is 1. The number of methoxy groups -OCH3 is 1. The number of para-hydroxylation sites is 1. The maximum Gasteiger partial charge on any atom is 0.339 e. The molecule has 1 aromatic heterocycles. The lowest BCUT2D eigenvalue weighted by molar-refractivity contribution is 0.252. The van der Waals surface area contributed by atoms with Crippen molar-refractivity contribution in [3.63, 3.8) is 0 Å². The molecule has 0 bridgehead atoms. The lowest BCUT2D eigenvalue weighted by Crippen LogP contribution is -2.24. The van der Waals surface area contributed by atoms with Crippen LogP contribution in [0.2, 0.25) is 0 Å². The van der Waals surface area contributed by atoms with E-state index < -0.39 is 6.03 Å². The molecule has 2 N–H and O–H groups in total. The second kappa shape index (κ2) is 8.02. The third kappa shape index (κ3) is 4.30. The van der Waals surface area contributed by atoms with E-state index in [1.54, 1.807) is 13.3 Å². The number of carbonyl (C=O) groups is 1. The largest absolute Gasteiger partial charge is 0.497 e. The average molecular weight is 348 g/mol. The minimum absolute atomic E-state index is 0.390. The van der Waals surface area contributed by atoms with Crippen LogP contribution < -0.4 is 15.5 Å². The number of carbonyl (C=O) groups excluding carboxylic acids is 1. The molecule has 0 fully saturated rings. The Kier molecular flexibility index (Phi) is 5.34. The summed E-state index contributed by atoms with van der Waals surface area (Å²) in [7, 11) is 1.64. The summed E-state index contributed by atoms with van der Waals surface area (Å²) < 4.78 is 7.23. The summed E-state index contributed by atoms with van der Waals surface area (Å²) in [6.45, 7) is 2.01. The Balaban J connectivity index is 1.63. The van der Waals surface area contributed by atoms with Crippen LogP contribution in [0, 0.1) is 6.92 Å². The number of aryl methyl sites for hydroxylation is 1. The first-order valence-corrected chi connectivity index (χ1v) is 8.14. The summed E-state index contributed by atoms with van der Waals surface area (Å²) in [5.41, 5.74) is 6.14. The molecule has 0 aliphatic rings. The fourth-order valence-corrected chi connectivity index (χ4v) is 2.54. The topological polar surface area (TPSA) is 67.6 Å². The van der Waals surface area contributed by atoms with Gasteiger partial charge in [-0.05, 0) is 49.4 Å². The Hall–Kier alpha value is -3.54. The van der Waals surface area contributed by atoms with Crippen LogP contribution >= 0.6 is 0 Å². The van der Waals surface area contributed by atoms with E-state index in [0.717, 1.165) is 22.7 Å². The number of benzene rings is 2. The molecule has 0 saturated carbocycles. The number of aromatic nitrogens is 1. The van der Waals surface area contributed by atoms with Crippen LogP contribution in [0.4, 0.5) is 10.5 Å². The molecule has 0 atom stereocenters. The van der Waals surface area contributed by atoms with Crippen molar-refractivity contribution in [3.8, 4) is 11.4 Å². The zero-order valence-corrected chi connectivity index (χ0v) is 14.6. The van der Waals surface area contributed by atoms with Crippen molar-refractivity contribution in [3.05, 3.63) is 78.1 Å². The number of rotatable bonds is 5.